The zero-order valence-corrected chi connectivity index (χ0v) is 32.1. The van der Waals surface area contributed by atoms with Crippen LogP contribution in [0.15, 0.2) is 219 Å². The molecule has 0 atom stereocenters. The summed E-state index contributed by atoms with van der Waals surface area (Å²) >= 11 is 0. The van der Waals surface area contributed by atoms with Crippen LogP contribution >= 0.6 is 0 Å². The van der Waals surface area contributed by atoms with E-state index in [1.165, 1.54) is 77.3 Å². The van der Waals surface area contributed by atoms with Crippen LogP contribution < -0.4 is 0 Å². The Morgan fingerprint density at radius 1 is 0.407 bits per heavy atom. The van der Waals surface area contributed by atoms with Crippen molar-refractivity contribution < 1.29 is 0 Å². The van der Waals surface area contributed by atoms with E-state index in [-0.39, 0.29) is 0 Å². The monoisotopic (exact) mass is 752 g/mol. The van der Waals surface area contributed by atoms with E-state index in [0.29, 0.717) is 0 Å². The van der Waals surface area contributed by atoms with Crippen LogP contribution in [0.5, 0.6) is 0 Å². The van der Waals surface area contributed by atoms with Crippen molar-refractivity contribution in [2.75, 3.05) is 0 Å². The van der Waals surface area contributed by atoms with Gasteiger partial charge < -0.3 is 9.13 Å². The molecule has 0 fully saturated rings. The zero-order chi connectivity index (χ0) is 38.9. The van der Waals surface area contributed by atoms with Gasteiger partial charge in [-0.1, -0.05) is 140 Å². The number of para-hydroxylation sites is 2. The second kappa shape index (κ2) is 13.1. The average molecular weight is 753 g/mol. The smallest absolute Gasteiger partial charge is 0.0744 e. The predicted molar refractivity (Wildman–Crippen MR) is 241 cm³/mol. The van der Waals surface area contributed by atoms with Gasteiger partial charge in [0.2, 0.25) is 0 Å². The fourth-order valence-corrected chi connectivity index (χ4v) is 9.90. The van der Waals surface area contributed by atoms with E-state index in [2.05, 4.69) is 201 Å². The Labute approximate surface area is 342 Å². The van der Waals surface area contributed by atoms with Crippen molar-refractivity contribution in [2.24, 2.45) is 0 Å². The van der Waals surface area contributed by atoms with Crippen LogP contribution in [0.2, 0.25) is 0 Å². The first-order valence-electron chi connectivity index (χ1n) is 20.1. The second-order valence-corrected chi connectivity index (χ2v) is 15.4. The number of nitrogens with zero attached hydrogens (tertiary/aromatic N) is 4. The van der Waals surface area contributed by atoms with Crippen LogP contribution in [0.4, 0.5) is 0 Å². The van der Waals surface area contributed by atoms with Crippen LogP contribution in [0.1, 0.15) is 22.3 Å². The van der Waals surface area contributed by atoms with E-state index < -0.39 is 5.41 Å². The average Bonchev–Trinajstić information content (AvgIpc) is 3.97. The third-order valence-corrected chi connectivity index (χ3v) is 12.4. The molecule has 4 heterocycles. The summed E-state index contributed by atoms with van der Waals surface area (Å²) in [6.07, 6.45) is 7.75. The summed E-state index contributed by atoms with van der Waals surface area (Å²) < 4.78 is 4.84. The maximum Gasteiger partial charge on any atom is 0.0744 e. The first-order chi connectivity index (χ1) is 29.3. The lowest BCUT2D eigenvalue weighted by molar-refractivity contribution is 0.758. The molecule has 0 N–H and O–H groups in total. The van der Waals surface area contributed by atoms with Gasteiger partial charge in [-0.25, -0.2) is 0 Å². The summed E-state index contributed by atoms with van der Waals surface area (Å²) in [6.45, 7) is 0. The molecule has 0 spiro atoms. The highest BCUT2D eigenvalue weighted by Gasteiger charge is 2.47. The summed E-state index contributed by atoms with van der Waals surface area (Å²) in [5.74, 6) is 0. The molecule has 12 rings (SSSR count). The Morgan fingerprint density at radius 2 is 1.02 bits per heavy atom. The quantitative estimate of drug-likeness (QED) is 0.170. The molecule has 59 heavy (non-hydrogen) atoms. The van der Waals surface area contributed by atoms with Crippen molar-refractivity contribution in [3.8, 4) is 44.9 Å². The van der Waals surface area contributed by atoms with Gasteiger partial charge in [0.25, 0.3) is 0 Å². The number of pyridine rings is 2. The summed E-state index contributed by atoms with van der Waals surface area (Å²) in [4.78, 5) is 9.32. The minimum atomic E-state index is -0.589. The Kier molecular flexibility index (Phi) is 7.41. The van der Waals surface area contributed by atoms with Crippen LogP contribution in [0.3, 0.4) is 0 Å². The number of benzene rings is 7. The lowest BCUT2D eigenvalue weighted by atomic mass is 9.68. The maximum absolute atomic E-state index is 4.66. The van der Waals surface area contributed by atoms with Gasteiger partial charge in [0, 0.05) is 57.9 Å². The molecular formula is C55H36N4. The van der Waals surface area contributed by atoms with Gasteiger partial charge in [0.15, 0.2) is 0 Å². The zero-order valence-electron chi connectivity index (χ0n) is 32.1. The van der Waals surface area contributed by atoms with Crippen molar-refractivity contribution in [1.82, 2.24) is 19.1 Å². The van der Waals surface area contributed by atoms with Gasteiger partial charge in [0.05, 0.1) is 27.7 Å². The highest BCUT2D eigenvalue weighted by Crippen LogP contribution is 2.58. The molecule has 0 unspecified atom stereocenters. The fraction of sp³-hybridized carbons (Fsp3) is 0.0182. The first kappa shape index (κ1) is 33.3. The standard InChI is InChI=1S/C55H36N4/c1-2-12-39(13-3-1)52-34-40-14-4-8-20-50(40)58(52)43-26-22-37(23-27-43)38-24-28-44(29-25-38)59-51-21-9-6-17-45(51)46-30-31-49-53(54(46)59)47-18-5-7-19-48(47)55(49,41-15-10-32-56-35-41)42-16-11-33-57-36-42/h1-36H. The number of hydrogen-bond donors (Lipinski definition) is 0. The van der Waals surface area contributed by atoms with Crippen LogP contribution in [0, 0.1) is 0 Å². The molecule has 0 saturated carbocycles. The van der Waals surface area contributed by atoms with Crippen molar-refractivity contribution >= 4 is 32.7 Å². The summed E-state index contributed by atoms with van der Waals surface area (Å²) in [6, 6.07) is 70.5. The first-order valence-corrected chi connectivity index (χ1v) is 20.1. The Balaban J connectivity index is 1.02. The minimum Gasteiger partial charge on any atom is -0.309 e. The molecule has 1 aliphatic carbocycles. The van der Waals surface area contributed by atoms with E-state index in [0.717, 1.165) is 22.5 Å². The molecule has 7 aromatic carbocycles. The molecule has 0 amide bonds. The Bertz CT molecular complexity index is 3300. The van der Waals surface area contributed by atoms with Crippen molar-refractivity contribution in [1.29, 1.82) is 0 Å². The lowest BCUT2D eigenvalue weighted by Crippen LogP contribution is -2.28. The maximum atomic E-state index is 4.66. The molecule has 4 heteroatoms. The molecule has 0 radical (unpaired) electrons. The van der Waals surface area contributed by atoms with E-state index in [1.807, 2.05) is 36.9 Å². The minimum absolute atomic E-state index is 0.589. The summed E-state index contributed by atoms with van der Waals surface area (Å²) in [7, 11) is 0. The van der Waals surface area contributed by atoms with Crippen molar-refractivity contribution in [3.63, 3.8) is 0 Å². The number of aromatic nitrogens is 4. The summed E-state index contributed by atoms with van der Waals surface area (Å²) in [5.41, 5.74) is 17.2. The van der Waals surface area contributed by atoms with Crippen molar-refractivity contribution in [3.05, 3.63) is 241 Å². The van der Waals surface area contributed by atoms with Gasteiger partial charge >= 0.3 is 0 Å². The Hall–Kier alpha value is -7.82. The van der Waals surface area contributed by atoms with E-state index in [9.17, 15) is 0 Å². The number of fused-ring (bicyclic) bond motifs is 8. The molecule has 0 aliphatic heterocycles. The third kappa shape index (κ3) is 4.90. The van der Waals surface area contributed by atoms with Gasteiger partial charge in [-0.3, -0.25) is 9.97 Å². The molecule has 276 valence electrons. The molecule has 0 saturated heterocycles. The topological polar surface area (TPSA) is 35.6 Å². The van der Waals surface area contributed by atoms with E-state index in [4.69, 9.17) is 0 Å². The molecule has 4 nitrogen and oxygen atoms in total. The number of rotatable bonds is 6. The highest BCUT2D eigenvalue weighted by molar-refractivity contribution is 6.16. The van der Waals surface area contributed by atoms with E-state index >= 15 is 0 Å². The lowest BCUT2D eigenvalue weighted by Gasteiger charge is -2.33. The van der Waals surface area contributed by atoms with Gasteiger partial charge in [-0.2, -0.15) is 0 Å². The molecule has 4 aromatic heterocycles. The molecule has 11 aromatic rings. The van der Waals surface area contributed by atoms with Gasteiger partial charge in [-0.05, 0) is 99.1 Å². The van der Waals surface area contributed by atoms with Gasteiger partial charge in [0.1, 0.15) is 0 Å². The Morgan fingerprint density at radius 3 is 1.71 bits per heavy atom. The van der Waals surface area contributed by atoms with Crippen molar-refractivity contribution in [2.45, 2.75) is 5.41 Å². The molecular weight excluding hydrogens is 717 g/mol. The van der Waals surface area contributed by atoms with Crippen LogP contribution in [0.25, 0.3) is 77.6 Å². The molecule has 1 aliphatic rings. The SMILES string of the molecule is c1ccc(-c2cc3ccccc3n2-c2ccc(-c3ccc(-n4c5ccccc5c5ccc6c(c54)-c4ccccc4C6(c4cccnc4)c4cccnc4)cc3)cc2)cc1. The summed E-state index contributed by atoms with van der Waals surface area (Å²) in [5, 5.41) is 3.69. The fourth-order valence-electron chi connectivity index (χ4n) is 9.90. The van der Waals surface area contributed by atoms with Crippen LogP contribution in [-0.2, 0) is 5.41 Å². The predicted octanol–water partition coefficient (Wildman–Crippen LogP) is 13.2. The normalized spacial score (nSPS) is 12.9. The second-order valence-electron chi connectivity index (χ2n) is 15.4. The highest BCUT2D eigenvalue weighted by atomic mass is 15.0. The molecule has 0 bridgehead atoms. The number of hydrogen-bond acceptors (Lipinski definition) is 2. The third-order valence-electron chi connectivity index (χ3n) is 12.4. The van der Waals surface area contributed by atoms with Gasteiger partial charge in [-0.15, -0.1) is 0 Å². The van der Waals surface area contributed by atoms with Crippen LogP contribution in [-0.4, -0.2) is 19.1 Å². The largest absolute Gasteiger partial charge is 0.309 e. The van der Waals surface area contributed by atoms with E-state index in [1.54, 1.807) is 0 Å².